The summed E-state index contributed by atoms with van der Waals surface area (Å²) >= 11 is 4.32. The van der Waals surface area contributed by atoms with Crippen LogP contribution in [0.2, 0.25) is 0 Å². The van der Waals surface area contributed by atoms with Gasteiger partial charge in [-0.1, -0.05) is 28.1 Å². The van der Waals surface area contributed by atoms with E-state index in [2.05, 4.69) is 26.0 Å². The predicted molar refractivity (Wildman–Crippen MR) is 75.4 cm³/mol. The summed E-state index contributed by atoms with van der Waals surface area (Å²) in [6.07, 6.45) is 0. The molecule has 0 radical (unpaired) electrons. The molecule has 0 saturated carbocycles. The molecule has 6 nitrogen and oxygen atoms in total. The Morgan fingerprint density at radius 2 is 2.16 bits per heavy atom. The number of nitrogens with zero attached hydrogens (tertiary/aromatic N) is 3. The molecule has 3 rings (SSSR count). The molecule has 1 aromatic rings. The van der Waals surface area contributed by atoms with Crippen LogP contribution in [0.15, 0.2) is 38.8 Å². The Morgan fingerprint density at radius 1 is 1.37 bits per heavy atom. The van der Waals surface area contributed by atoms with Gasteiger partial charge in [0.05, 0.1) is 0 Å². The minimum absolute atomic E-state index is 0.204. The molecular weight excluding hydrogens is 332 g/mol. The average Bonchev–Trinajstić information content (AvgIpc) is 2.70. The number of carbonyl (C=O) groups excluding carboxylic acids is 2. The Labute approximate surface area is 120 Å². The van der Waals surface area contributed by atoms with Crippen LogP contribution in [-0.2, 0) is 9.59 Å². The summed E-state index contributed by atoms with van der Waals surface area (Å²) in [6.45, 7) is 0. The molecule has 1 unspecified atom stereocenters. The molecule has 0 saturated heterocycles. The number of fused-ring (bicyclic) bond motifs is 1. The number of benzene rings is 1. The van der Waals surface area contributed by atoms with Gasteiger partial charge in [0, 0.05) is 4.47 Å². The third kappa shape index (κ3) is 2.06. The zero-order valence-electron chi connectivity index (χ0n) is 9.41. The van der Waals surface area contributed by atoms with Crippen LogP contribution in [0.1, 0.15) is 11.5 Å². The van der Waals surface area contributed by atoms with Crippen molar-refractivity contribution < 1.29 is 9.59 Å². The zero-order chi connectivity index (χ0) is 13.6. The maximum absolute atomic E-state index is 12.3. The number of hydrogen-bond acceptors (Lipinski definition) is 5. The van der Waals surface area contributed by atoms with Crippen molar-refractivity contribution in [3.8, 4) is 0 Å². The van der Waals surface area contributed by atoms with E-state index in [1.165, 1.54) is 0 Å². The second-order valence-electron chi connectivity index (χ2n) is 3.91. The van der Waals surface area contributed by atoms with Crippen LogP contribution in [0.5, 0.6) is 0 Å². The molecule has 1 atom stereocenters. The largest absolute Gasteiger partial charge is 0.376 e. The normalized spacial score (nSPS) is 22.2. The molecule has 2 heterocycles. The van der Waals surface area contributed by atoms with Gasteiger partial charge in [-0.15, -0.1) is 5.10 Å². The Morgan fingerprint density at radius 3 is 2.89 bits per heavy atom. The third-order valence-corrected chi connectivity index (χ3v) is 3.90. The topological polar surface area (TPSA) is 88.1 Å². The molecule has 2 aliphatic rings. The van der Waals surface area contributed by atoms with E-state index in [4.69, 9.17) is 5.73 Å². The van der Waals surface area contributed by atoms with Crippen molar-refractivity contribution in [3.05, 3.63) is 34.3 Å². The predicted octanol–water partition coefficient (Wildman–Crippen LogP) is 1.23. The number of hydrogen-bond donors (Lipinski definition) is 1. The quantitative estimate of drug-likeness (QED) is 0.780. The number of carbonyl (C=O) groups is 2. The number of amides is 2. The molecule has 0 aromatic heterocycles. The summed E-state index contributed by atoms with van der Waals surface area (Å²) in [4.78, 5) is 28.2. The lowest BCUT2D eigenvalue weighted by Crippen LogP contribution is -2.40. The van der Waals surface area contributed by atoms with Gasteiger partial charge in [-0.25, -0.2) is 0 Å². The summed E-state index contributed by atoms with van der Waals surface area (Å²) in [5.41, 5.74) is 6.11. The van der Waals surface area contributed by atoms with Crippen molar-refractivity contribution in [2.45, 2.75) is 5.92 Å². The van der Waals surface area contributed by atoms with E-state index in [0.29, 0.717) is 5.56 Å². The second kappa shape index (κ2) is 4.46. The lowest BCUT2D eigenvalue weighted by Gasteiger charge is -2.22. The Balaban J connectivity index is 2.04. The number of rotatable bonds is 1. The molecule has 19 heavy (non-hydrogen) atoms. The highest BCUT2D eigenvalue weighted by atomic mass is 79.9. The molecule has 2 N–H and O–H groups in total. The first-order chi connectivity index (χ1) is 9.06. The van der Waals surface area contributed by atoms with Crippen LogP contribution in [-0.4, -0.2) is 27.2 Å². The molecule has 2 amide bonds. The van der Waals surface area contributed by atoms with Crippen molar-refractivity contribution >= 4 is 49.8 Å². The molecule has 2 aliphatic heterocycles. The van der Waals surface area contributed by atoms with Gasteiger partial charge < -0.3 is 5.73 Å². The van der Waals surface area contributed by atoms with Crippen LogP contribution in [0, 0.1) is 0 Å². The number of hydrazone groups is 1. The maximum Gasteiger partial charge on any atom is 0.266 e. The van der Waals surface area contributed by atoms with Gasteiger partial charge in [-0.3, -0.25) is 9.59 Å². The fourth-order valence-corrected chi connectivity index (χ4v) is 2.95. The lowest BCUT2D eigenvalue weighted by molar-refractivity contribution is -0.135. The molecule has 0 fully saturated rings. The SMILES string of the molecule is NC1=NN2C(=O)C(c3cccc(Br)c3)C(=O)N=C2S1. The molecule has 8 heteroatoms. The monoisotopic (exact) mass is 338 g/mol. The summed E-state index contributed by atoms with van der Waals surface area (Å²) < 4.78 is 0.791. The highest BCUT2D eigenvalue weighted by Crippen LogP contribution is 2.31. The minimum atomic E-state index is -0.962. The second-order valence-corrected chi connectivity index (χ2v) is 5.81. The van der Waals surface area contributed by atoms with Crippen molar-refractivity contribution in [2.75, 3.05) is 0 Å². The van der Waals surface area contributed by atoms with E-state index < -0.39 is 17.7 Å². The Kier molecular flexibility index (Phi) is 2.90. The zero-order valence-corrected chi connectivity index (χ0v) is 11.8. The fourth-order valence-electron chi connectivity index (χ4n) is 1.87. The number of thioether (sulfide) groups is 1. The smallest absolute Gasteiger partial charge is 0.266 e. The van der Waals surface area contributed by atoms with Gasteiger partial charge >= 0.3 is 0 Å². The van der Waals surface area contributed by atoms with E-state index in [1.54, 1.807) is 18.2 Å². The van der Waals surface area contributed by atoms with Crippen molar-refractivity contribution in [3.63, 3.8) is 0 Å². The van der Waals surface area contributed by atoms with E-state index in [0.717, 1.165) is 21.2 Å². The lowest BCUT2D eigenvalue weighted by atomic mass is 9.96. The highest BCUT2D eigenvalue weighted by molar-refractivity contribution is 9.10. The van der Waals surface area contributed by atoms with Gasteiger partial charge in [0.1, 0.15) is 5.92 Å². The average molecular weight is 339 g/mol. The van der Waals surface area contributed by atoms with Gasteiger partial charge in [-0.2, -0.15) is 10.0 Å². The van der Waals surface area contributed by atoms with Gasteiger partial charge in [-0.05, 0) is 29.5 Å². The summed E-state index contributed by atoms with van der Waals surface area (Å²) in [6, 6.07) is 7.01. The standard InChI is InChI=1S/C11H7BrN4O2S/c12-6-3-1-2-5(4-6)7-8(17)14-11-16(9(7)18)15-10(13)19-11/h1-4,7H,(H2,13,15). The number of aliphatic imine (C=N–C) groups is 1. The first-order valence-corrected chi connectivity index (χ1v) is 6.91. The number of halogens is 1. The van der Waals surface area contributed by atoms with Crippen molar-refractivity contribution in [2.24, 2.45) is 15.8 Å². The van der Waals surface area contributed by atoms with E-state index >= 15 is 0 Å². The summed E-state index contributed by atoms with van der Waals surface area (Å²) in [5, 5.41) is 5.39. The number of nitrogens with two attached hydrogens (primary N) is 1. The molecule has 0 aliphatic carbocycles. The van der Waals surface area contributed by atoms with Gasteiger partial charge in [0.25, 0.3) is 11.8 Å². The van der Waals surface area contributed by atoms with Crippen LogP contribution >= 0.6 is 27.7 Å². The molecular formula is C11H7BrN4O2S. The van der Waals surface area contributed by atoms with Crippen LogP contribution in [0.25, 0.3) is 0 Å². The number of amidine groups is 2. The molecule has 0 bridgehead atoms. The first kappa shape index (κ1) is 12.4. The summed E-state index contributed by atoms with van der Waals surface area (Å²) in [7, 11) is 0. The summed E-state index contributed by atoms with van der Waals surface area (Å²) in [5.74, 6) is -1.88. The Hall–Kier alpha value is -1.67. The fraction of sp³-hybridized carbons (Fsp3) is 0.0909. The van der Waals surface area contributed by atoms with E-state index in [9.17, 15) is 9.59 Å². The highest BCUT2D eigenvalue weighted by Gasteiger charge is 2.42. The minimum Gasteiger partial charge on any atom is -0.376 e. The molecule has 96 valence electrons. The van der Waals surface area contributed by atoms with E-state index in [1.807, 2.05) is 6.07 Å². The van der Waals surface area contributed by atoms with Crippen LogP contribution in [0.4, 0.5) is 0 Å². The van der Waals surface area contributed by atoms with Gasteiger partial charge in [0.15, 0.2) is 5.17 Å². The first-order valence-electron chi connectivity index (χ1n) is 5.30. The van der Waals surface area contributed by atoms with Gasteiger partial charge in [0.2, 0.25) is 5.17 Å². The third-order valence-electron chi connectivity index (χ3n) is 2.67. The molecule has 1 aromatic carbocycles. The van der Waals surface area contributed by atoms with E-state index in [-0.39, 0.29) is 10.3 Å². The Bertz CT molecular complexity index is 658. The van der Waals surface area contributed by atoms with Crippen LogP contribution < -0.4 is 5.73 Å². The molecule has 0 spiro atoms. The maximum atomic E-state index is 12.3. The van der Waals surface area contributed by atoms with Crippen LogP contribution in [0.3, 0.4) is 0 Å². The van der Waals surface area contributed by atoms with Crippen molar-refractivity contribution in [1.29, 1.82) is 0 Å². The van der Waals surface area contributed by atoms with Crippen molar-refractivity contribution in [1.82, 2.24) is 5.01 Å².